The minimum atomic E-state index is -1.01. The Hall–Kier alpha value is -2.95. The van der Waals surface area contributed by atoms with Gasteiger partial charge in [0.25, 0.3) is 5.91 Å². The second kappa shape index (κ2) is 6.44. The van der Waals surface area contributed by atoms with Gasteiger partial charge in [-0.25, -0.2) is 0 Å². The monoisotopic (exact) mass is 309 g/mol. The van der Waals surface area contributed by atoms with Crippen LogP contribution in [0.3, 0.4) is 0 Å². The van der Waals surface area contributed by atoms with Crippen molar-refractivity contribution >= 4 is 17.8 Å². The number of imide groups is 1. The normalized spacial score (nSPS) is 19.9. The molecular formula is C18H15NO4. The van der Waals surface area contributed by atoms with Gasteiger partial charge in [0.2, 0.25) is 5.91 Å². The van der Waals surface area contributed by atoms with E-state index in [4.69, 9.17) is 4.74 Å². The molecule has 0 saturated carbocycles. The molecule has 1 heterocycles. The molecule has 2 aromatic carbocycles. The molecule has 116 valence electrons. The third kappa shape index (κ3) is 3.13. The van der Waals surface area contributed by atoms with Gasteiger partial charge >= 0.3 is 5.97 Å². The quantitative estimate of drug-likeness (QED) is 0.534. The number of carbonyl (C=O) groups is 3. The van der Waals surface area contributed by atoms with Crippen molar-refractivity contribution in [1.29, 1.82) is 0 Å². The predicted molar refractivity (Wildman–Crippen MR) is 82.5 cm³/mol. The SMILES string of the molecule is O=C(NC(=O)C1C(=O)OCC1c1ccccc1)c1ccccc1. The Kier molecular flexibility index (Phi) is 4.19. The highest BCUT2D eigenvalue weighted by Crippen LogP contribution is 2.32. The molecule has 1 N–H and O–H groups in total. The fraction of sp³-hybridized carbons (Fsp3) is 0.167. The van der Waals surface area contributed by atoms with Gasteiger partial charge in [0, 0.05) is 11.5 Å². The van der Waals surface area contributed by atoms with E-state index < -0.39 is 23.7 Å². The average molecular weight is 309 g/mol. The summed E-state index contributed by atoms with van der Waals surface area (Å²) >= 11 is 0. The van der Waals surface area contributed by atoms with Crippen LogP contribution in [0.2, 0.25) is 0 Å². The summed E-state index contributed by atoms with van der Waals surface area (Å²) in [7, 11) is 0. The van der Waals surface area contributed by atoms with Crippen LogP contribution in [0.25, 0.3) is 0 Å². The van der Waals surface area contributed by atoms with Gasteiger partial charge in [-0.15, -0.1) is 0 Å². The van der Waals surface area contributed by atoms with Gasteiger partial charge in [0.15, 0.2) is 0 Å². The molecule has 2 amide bonds. The molecule has 1 fully saturated rings. The van der Waals surface area contributed by atoms with Crippen LogP contribution in [0.4, 0.5) is 0 Å². The van der Waals surface area contributed by atoms with Crippen molar-refractivity contribution in [1.82, 2.24) is 5.32 Å². The van der Waals surface area contributed by atoms with Gasteiger partial charge in [-0.05, 0) is 17.7 Å². The van der Waals surface area contributed by atoms with E-state index >= 15 is 0 Å². The van der Waals surface area contributed by atoms with E-state index in [1.54, 1.807) is 30.3 Å². The first kappa shape index (κ1) is 15.0. The molecule has 1 saturated heterocycles. The van der Waals surface area contributed by atoms with Crippen LogP contribution >= 0.6 is 0 Å². The summed E-state index contributed by atoms with van der Waals surface area (Å²) in [6, 6.07) is 17.6. The maximum atomic E-state index is 12.4. The topological polar surface area (TPSA) is 72.5 Å². The van der Waals surface area contributed by atoms with E-state index in [1.807, 2.05) is 30.3 Å². The summed E-state index contributed by atoms with van der Waals surface area (Å²) in [4.78, 5) is 36.4. The molecule has 23 heavy (non-hydrogen) atoms. The van der Waals surface area contributed by atoms with Crippen LogP contribution in [0.5, 0.6) is 0 Å². The Labute approximate surface area is 133 Å². The van der Waals surface area contributed by atoms with Crippen molar-refractivity contribution in [2.45, 2.75) is 5.92 Å². The second-order valence-electron chi connectivity index (χ2n) is 5.31. The standard InChI is InChI=1S/C18H15NO4/c20-16(13-9-5-2-6-10-13)19-17(21)15-14(11-23-18(15)22)12-7-3-1-4-8-12/h1-10,14-15H,11H2,(H,19,20,21). The summed E-state index contributed by atoms with van der Waals surface area (Å²) in [6.07, 6.45) is 0. The van der Waals surface area contributed by atoms with Crippen molar-refractivity contribution in [2.24, 2.45) is 5.92 Å². The van der Waals surface area contributed by atoms with Crippen molar-refractivity contribution in [3.8, 4) is 0 Å². The number of rotatable bonds is 3. The van der Waals surface area contributed by atoms with Crippen LogP contribution in [0.15, 0.2) is 60.7 Å². The lowest BCUT2D eigenvalue weighted by molar-refractivity contribution is -0.144. The van der Waals surface area contributed by atoms with Gasteiger partial charge in [-0.2, -0.15) is 0 Å². The summed E-state index contributed by atoms with van der Waals surface area (Å²) in [6.45, 7) is 0.139. The lowest BCUT2D eigenvalue weighted by Gasteiger charge is -2.15. The van der Waals surface area contributed by atoms with Crippen molar-refractivity contribution in [3.05, 3.63) is 71.8 Å². The maximum Gasteiger partial charge on any atom is 0.319 e. The molecule has 0 radical (unpaired) electrons. The number of benzene rings is 2. The molecule has 0 aliphatic carbocycles. The second-order valence-corrected chi connectivity index (χ2v) is 5.31. The Morgan fingerprint density at radius 3 is 2.22 bits per heavy atom. The molecule has 0 bridgehead atoms. The first-order valence-corrected chi connectivity index (χ1v) is 7.28. The van der Waals surface area contributed by atoms with Crippen LogP contribution in [0.1, 0.15) is 21.8 Å². The number of esters is 1. The number of hydrogen-bond donors (Lipinski definition) is 1. The zero-order valence-electron chi connectivity index (χ0n) is 12.3. The molecule has 0 spiro atoms. The van der Waals surface area contributed by atoms with Crippen LogP contribution in [-0.4, -0.2) is 24.4 Å². The van der Waals surface area contributed by atoms with Gasteiger partial charge in [0.05, 0.1) is 6.61 Å². The number of amides is 2. The number of hydrogen-bond acceptors (Lipinski definition) is 4. The maximum absolute atomic E-state index is 12.4. The van der Waals surface area contributed by atoms with Gasteiger partial charge < -0.3 is 4.74 Å². The van der Waals surface area contributed by atoms with Crippen LogP contribution in [-0.2, 0) is 14.3 Å². The van der Waals surface area contributed by atoms with Crippen molar-refractivity contribution in [3.63, 3.8) is 0 Å². The molecule has 2 unspecified atom stereocenters. The molecule has 2 atom stereocenters. The number of carbonyl (C=O) groups excluding carboxylic acids is 3. The lowest BCUT2D eigenvalue weighted by atomic mass is 9.88. The third-order valence-electron chi connectivity index (χ3n) is 3.84. The fourth-order valence-corrected chi connectivity index (χ4v) is 2.65. The summed E-state index contributed by atoms with van der Waals surface area (Å²) < 4.78 is 5.03. The van der Waals surface area contributed by atoms with Crippen molar-refractivity contribution in [2.75, 3.05) is 6.61 Å². The van der Waals surface area contributed by atoms with E-state index in [2.05, 4.69) is 5.32 Å². The van der Waals surface area contributed by atoms with Crippen molar-refractivity contribution < 1.29 is 19.1 Å². The Morgan fingerprint density at radius 2 is 1.57 bits per heavy atom. The third-order valence-corrected chi connectivity index (χ3v) is 3.84. The molecule has 1 aliphatic rings. The van der Waals surface area contributed by atoms with Crippen LogP contribution in [0, 0.1) is 5.92 Å². The molecule has 3 rings (SSSR count). The summed E-state index contributed by atoms with van der Waals surface area (Å²) in [5.74, 6) is -3.15. The minimum absolute atomic E-state index is 0.139. The number of ether oxygens (including phenoxy) is 1. The molecule has 5 heteroatoms. The van der Waals surface area contributed by atoms with E-state index in [-0.39, 0.29) is 12.5 Å². The Balaban J connectivity index is 1.77. The lowest BCUT2D eigenvalue weighted by Crippen LogP contribution is -2.39. The van der Waals surface area contributed by atoms with E-state index in [1.165, 1.54) is 0 Å². The van der Waals surface area contributed by atoms with Crippen LogP contribution < -0.4 is 5.32 Å². The predicted octanol–water partition coefficient (Wildman–Crippen LogP) is 1.90. The highest BCUT2D eigenvalue weighted by atomic mass is 16.5. The molecule has 5 nitrogen and oxygen atoms in total. The number of nitrogens with one attached hydrogen (secondary N) is 1. The Bertz CT molecular complexity index is 727. The van der Waals surface area contributed by atoms with E-state index in [0.29, 0.717) is 5.56 Å². The van der Waals surface area contributed by atoms with E-state index in [0.717, 1.165) is 5.56 Å². The first-order chi connectivity index (χ1) is 11.2. The van der Waals surface area contributed by atoms with Gasteiger partial charge in [-0.1, -0.05) is 48.5 Å². The molecule has 0 aromatic heterocycles. The largest absolute Gasteiger partial charge is 0.464 e. The molecular weight excluding hydrogens is 294 g/mol. The highest BCUT2D eigenvalue weighted by Gasteiger charge is 2.43. The van der Waals surface area contributed by atoms with Gasteiger partial charge in [0.1, 0.15) is 5.92 Å². The minimum Gasteiger partial charge on any atom is -0.464 e. The number of cyclic esters (lactones) is 1. The zero-order valence-corrected chi connectivity index (χ0v) is 12.3. The smallest absolute Gasteiger partial charge is 0.319 e. The highest BCUT2D eigenvalue weighted by molar-refractivity contribution is 6.10. The van der Waals surface area contributed by atoms with Gasteiger partial charge in [-0.3, -0.25) is 19.7 Å². The summed E-state index contributed by atoms with van der Waals surface area (Å²) in [5, 5.41) is 2.29. The molecule has 2 aromatic rings. The molecule has 1 aliphatic heterocycles. The van der Waals surface area contributed by atoms with E-state index in [9.17, 15) is 14.4 Å². The average Bonchev–Trinajstić information content (AvgIpc) is 2.98. The Morgan fingerprint density at radius 1 is 0.957 bits per heavy atom. The first-order valence-electron chi connectivity index (χ1n) is 7.28. The zero-order chi connectivity index (χ0) is 16.2. The summed E-state index contributed by atoms with van der Waals surface area (Å²) in [5.41, 5.74) is 1.20. The fourth-order valence-electron chi connectivity index (χ4n) is 2.65.